The van der Waals surface area contributed by atoms with Crippen molar-refractivity contribution in [3.8, 4) is 56.1 Å². The number of aromatic nitrogens is 4. The van der Waals surface area contributed by atoms with Crippen LogP contribution in [0.1, 0.15) is 0 Å². The molecular formula is C52H34N4. The number of rotatable bonds is 6. The molecule has 11 aromatic rings. The van der Waals surface area contributed by atoms with E-state index in [0.717, 1.165) is 67.0 Å². The van der Waals surface area contributed by atoms with E-state index in [1.54, 1.807) is 0 Å². The highest BCUT2D eigenvalue weighted by molar-refractivity contribution is 6.17. The summed E-state index contributed by atoms with van der Waals surface area (Å²) < 4.78 is 4.71. The molecule has 11 rings (SSSR count). The van der Waals surface area contributed by atoms with E-state index in [0.29, 0.717) is 0 Å². The second-order valence-corrected chi connectivity index (χ2v) is 14.2. The van der Waals surface area contributed by atoms with Crippen LogP contribution in [0.25, 0.3) is 99.9 Å². The van der Waals surface area contributed by atoms with Gasteiger partial charge in [-0.25, -0.2) is 4.98 Å². The van der Waals surface area contributed by atoms with Gasteiger partial charge in [-0.15, -0.1) is 0 Å². The first kappa shape index (κ1) is 31.9. The molecule has 0 spiro atoms. The summed E-state index contributed by atoms with van der Waals surface area (Å²) in [5.74, 6) is 0. The van der Waals surface area contributed by atoms with E-state index in [4.69, 9.17) is 9.97 Å². The van der Waals surface area contributed by atoms with Crippen molar-refractivity contribution in [2.24, 2.45) is 0 Å². The molecule has 4 aromatic heterocycles. The molecule has 0 saturated heterocycles. The van der Waals surface area contributed by atoms with Crippen molar-refractivity contribution in [2.45, 2.75) is 0 Å². The van der Waals surface area contributed by atoms with Gasteiger partial charge in [0.15, 0.2) is 0 Å². The summed E-state index contributed by atoms with van der Waals surface area (Å²) in [7, 11) is 0. The first-order chi connectivity index (χ1) is 27.8. The molecule has 4 heteroatoms. The highest BCUT2D eigenvalue weighted by Crippen LogP contribution is 2.41. The fourth-order valence-electron chi connectivity index (χ4n) is 8.41. The molecule has 0 bridgehead atoms. The van der Waals surface area contributed by atoms with E-state index in [-0.39, 0.29) is 0 Å². The molecule has 0 aliphatic carbocycles. The summed E-state index contributed by atoms with van der Waals surface area (Å²) in [6, 6.07) is 71.2. The van der Waals surface area contributed by atoms with E-state index in [1.165, 1.54) is 32.9 Å². The lowest BCUT2D eigenvalue weighted by Crippen LogP contribution is -1.95. The molecule has 0 atom stereocenters. The largest absolute Gasteiger partial charge is 0.309 e. The van der Waals surface area contributed by atoms with E-state index < -0.39 is 0 Å². The van der Waals surface area contributed by atoms with Gasteiger partial charge in [0.25, 0.3) is 0 Å². The van der Waals surface area contributed by atoms with Crippen LogP contribution in [0.2, 0.25) is 0 Å². The second kappa shape index (κ2) is 13.1. The Hall–Kier alpha value is -7.56. The normalized spacial score (nSPS) is 11.6. The van der Waals surface area contributed by atoms with E-state index in [1.807, 2.05) is 24.4 Å². The molecule has 0 radical (unpaired) electrons. The number of para-hydroxylation sites is 2. The Bertz CT molecular complexity index is 3160. The lowest BCUT2D eigenvalue weighted by molar-refractivity contribution is 1.18. The van der Waals surface area contributed by atoms with Crippen molar-refractivity contribution in [1.29, 1.82) is 0 Å². The molecule has 0 aliphatic heterocycles. The van der Waals surface area contributed by atoms with Crippen LogP contribution >= 0.6 is 0 Å². The topological polar surface area (TPSA) is 35.6 Å². The Balaban J connectivity index is 1.04. The summed E-state index contributed by atoms with van der Waals surface area (Å²) >= 11 is 0. The van der Waals surface area contributed by atoms with Crippen molar-refractivity contribution in [2.75, 3.05) is 0 Å². The Labute approximate surface area is 324 Å². The minimum absolute atomic E-state index is 0.954. The first-order valence-electron chi connectivity index (χ1n) is 19.0. The number of nitrogens with zero attached hydrogens (tertiary/aromatic N) is 4. The van der Waals surface area contributed by atoms with Crippen molar-refractivity contribution < 1.29 is 0 Å². The van der Waals surface area contributed by atoms with E-state index in [9.17, 15) is 0 Å². The first-order valence-corrected chi connectivity index (χ1v) is 19.0. The summed E-state index contributed by atoms with van der Waals surface area (Å²) in [5.41, 5.74) is 16.5. The average Bonchev–Trinajstić information content (AvgIpc) is 3.80. The van der Waals surface area contributed by atoms with Gasteiger partial charge < -0.3 is 9.13 Å². The molecule has 56 heavy (non-hydrogen) atoms. The van der Waals surface area contributed by atoms with Gasteiger partial charge >= 0.3 is 0 Å². The van der Waals surface area contributed by atoms with Gasteiger partial charge in [-0.05, 0) is 95.1 Å². The minimum Gasteiger partial charge on any atom is -0.309 e. The smallest absolute Gasteiger partial charge is 0.0963 e. The third-order valence-corrected chi connectivity index (χ3v) is 11.0. The van der Waals surface area contributed by atoms with Crippen molar-refractivity contribution in [3.05, 3.63) is 206 Å². The number of pyridine rings is 2. The van der Waals surface area contributed by atoms with Crippen LogP contribution in [0.4, 0.5) is 0 Å². The van der Waals surface area contributed by atoms with Crippen molar-refractivity contribution >= 4 is 43.7 Å². The molecule has 0 aliphatic rings. The lowest BCUT2D eigenvalue weighted by Gasteiger charge is -2.12. The van der Waals surface area contributed by atoms with Crippen molar-refractivity contribution in [1.82, 2.24) is 19.1 Å². The predicted octanol–water partition coefficient (Wildman–Crippen LogP) is 13.3. The summed E-state index contributed by atoms with van der Waals surface area (Å²) in [6.07, 6.45) is 1.90. The predicted molar refractivity (Wildman–Crippen MR) is 232 cm³/mol. The fraction of sp³-hybridized carbons (Fsp3) is 0. The fourth-order valence-corrected chi connectivity index (χ4v) is 8.41. The van der Waals surface area contributed by atoms with Crippen LogP contribution < -0.4 is 0 Å². The van der Waals surface area contributed by atoms with Gasteiger partial charge in [-0.2, -0.15) is 0 Å². The van der Waals surface area contributed by atoms with E-state index >= 15 is 0 Å². The second-order valence-electron chi connectivity index (χ2n) is 14.2. The number of benzene rings is 7. The maximum absolute atomic E-state index is 5.09. The monoisotopic (exact) mass is 714 g/mol. The van der Waals surface area contributed by atoms with Crippen LogP contribution in [0.5, 0.6) is 0 Å². The maximum Gasteiger partial charge on any atom is 0.0963 e. The van der Waals surface area contributed by atoms with E-state index in [2.05, 4.69) is 191 Å². The quantitative estimate of drug-likeness (QED) is 0.172. The molecule has 0 fully saturated rings. The van der Waals surface area contributed by atoms with Crippen LogP contribution in [-0.2, 0) is 0 Å². The summed E-state index contributed by atoms with van der Waals surface area (Å²) in [5, 5.41) is 3.62. The molecule has 0 amide bonds. The average molecular weight is 715 g/mol. The number of hydrogen-bond acceptors (Lipinski definition) is 2. The standard InChI is InChI=1S/C52H34N4/c1-4-14-36(15-5-1)45-33-39(34-46(54-45)37-16-6-2-7-17-37)35-25-28-41(29-26-35)56-48-30-27-38(32-44(48)52-50(56)24-13-31-53-52)42-21-12-23-49-51(42)43-20-10-11-22-47(43)55(49)40-18-8-3-9-19-40/h1-34H. The van der Waals surface area contributed by atoms with Crippen LogP contribution in [0.15, 0.2) is 206 Å². The zero-order valence-corrected chi connectivity index (χ0v) is 30.4. The van der Waals surface area contributed by atoms with Gasteiger partial charge in [0.1, 0.15) is 0 Å². The molecule has 0 unspecified atom stereocenters. The van der Waals surface area contributed by atoms with Gasteiger partial charge in [-0.3, -0.25) is 4.98 Å². The Kier molecular flexibility index (Phi) is 7.46. The van der Waals surface area contributed by atoms with Gasteiger partial charge in [0.2, 0.25) is 0 Å². The summed E-state index contributed by atoms with van der Waals surface area (Å²) in [4.78, 5) is 10.0. The Morgan fingerprint density at radius 2 is 0.911 bits per heavy atom. The molecule has 0 N–H and O–H groups in total. The molecular weight excluding hydrogens is 681 g/mol. The molecule has 262 valence electrons. The number of hydrogen-bond donors (Lipinski definition) is 0. The molecule has 7 aromatic carbocycles. The molecule has 4 heterocycles. The third-order valence-electron chi connectivity index (χ3n) is 11.0. The Morgan fingerprint density at radius 1 is 0.339 bits per heavy atom. The SMILES string of the molecule is c1ccc(-c2cc(-c3ccc(-n4c5ccc(-c6cccc7c6c6ccccc6n7-c6ccccc6)cc5c5ncccc54)cc3)cc(-c3ccccc3)n2)cc1. The highest BCUT2D eigenvalue weighted by atomic mass is 15.0. The van der Waals surface area contributed by atoms with Gasteiger partial charge in [0.05, 0.1) is 39.0 Å². The zero-order valence-electron chi connectivity index (χ0n) is 30.4. The van der Waals surface area contributed by atoms with Gasteiger partial charge in [-0.1, -0.05) is 127 Å². The third kappa shape index (κ3) is 5.23. The van der Waals surface area contributed by atoms with Crippen LogP contribution in [0.3, 0.4) is 0 Å². The highest BCUT2D eigenvalue weighted by Gasteiger charge is 2.19. The lowest BCUT2D eigenvalue weighted by atomic mass is 9.98. The van der Waals surface area contributed by atoms with Crippen LogP contribution in [-0.4, -0.2) is 19.1 Å². The minimum atomic E-state index is 0.954. The van der Waals surface area contributed by atoms with Crippen LogP contribution in [0, 0.1) is 0 Å². The molecule has 0 saturated carbocycles. The number of fused-ring (bicyclic) bond motifs is 6. The maximum atomic E-state index is 5.09. The summed E-state index contributed by atoms with van der Waals surface area (Å²) in [6.45, 7) is 0. The van der Waals surface area contributed by atoms with Crippen molar-refractivity contribution in [3.63, 3.8) is 0 Å². The zero-order chi connectivity index (χ0) is 37.0. The Morgan fingerprint density at radius 3 is 1.64 bits per heavy atom. The molecule has 4 nitrogen and oxygen atoms in total. The van der Waals surface area contributed by atoms with Gasteiger partial charge in [0, 0.05) is 44.9 Å².